The minimum Gasteiger partial charge on any atom is -0.396 e. The van der Waals surface area contributed by atoms with Gasteiger partial charge in [0.2, 0.25) is 0 Å². The van der Waals surface area contributed by atoms with Gasteiger partial charge in [-0.25, -0.2) is 14.6 Å². The van der Waals surface area contributed by atoms with Crippen LogP contribution in [0.2, 0.25) is 0 Å². The second-order valence-corrected chi connectivity index (χ2v) is 5.84. The number of aliphatic hydroxyl groups is 1. The highest BCUT2D eigenvalue weighted by molar-refractivity contribution is 5.88. The minimum absolute atomic E-state index is 0.193. The molecule has 0 atom stereocenters. The van der Waals surface area contributed by atoms with Gasteiger partial charge in [0, 0.05) is 25.9 Å². The fourth-order valence-electron chi connectivity index (χ4n) is 2.41. The van der Waals surface area contributed by atoms with Gasteiger partial charge in [0.15, 0.2) is 0 Å². The van der Waals surface area contributed by atoms with Gasteiger partial charge in [-0.1, -0.05) is 39.0 Å². The summed E-state index contributed by atoms with van der Waals surface area (Å²) in [5.74, 6) is 0.461. The van der Waals surface area contributed by atoms with Crippen LogP contribution < -0.4 is 16.3 Å². The molecule has 1 heterocycles. The van der Waals surface area contributed by atoms with E-state index in [9.17, 15) is 9.59 Å². The fourth-order valence-corrected chi connectivity index (χ4v) is 2.41. The molecule has 1 aromatic rings. The first-order valence-electron chi connectivity index (χ1n) is 8.90. The maximum atomic E-state index is 11.9. The zero-order valence-corrected chi connectivity index (χ0v) is 14.6. The maximum Gasteiger partial charge on any atom is 0.349 e. The Kier molecular flexibility index (Phi) is 10.5. The Balaban J connectivity index is 2.47. The number of rotatable bonds is 12. The molecule has 7 nitrogen and oxygen atoms in total. The van der Waals surface area contributed by atoms with E-state index in [1.807, 2.05) is 0 Å². The lowest BCUT2D eigenvalue weighted by molar-refractivity contribution is 0.251. The first-order chi connectivity index (χ1) is 11.7. The Morgan fingerprint density at radius 2 is 1.92 bits per heavy atom. The second-order valence-electron chi connectivity index (χ2n) is 5.84. The van der Waals surface area contributed by atoms with Crippen molar-refractivity contribution in [1.82, 2.24) is 14.9 Å². The van der Waals surface area contributed by atoms with E-state index in [0.29, 0.717) is 18.9 Å². The molecule has 0 aromatic carbocycles. The molecule has 0 bridgehead atoms. The molecule has 3 N–H and O–H groups in total. The molecule has 0 fully saturated rings. The van der Waals surface area contributed by atoms with Crippen LogP contribution in [0.4, 0.5) is 10.6 Å². The number of hydrogen-bond acceptors (Lipinski definition) is 4. The zero-order chi connectivity index (χ0) is 17.6. The highest BCUT2D eigenvalue weighted by Gasteiger charge is 2.07. The van der Waals surface area contributed by atoms with Crippen LogP contribution in [0.15, 0.2) is 17.1 Å². The first kappa shape index (κ1) is 20.2. The quantitative estimate of drug-likeness (QED) is 0.510. The summed E-state index contributed by atoms with van der Waals surface area (Å²) < 4.78 is 1.48. The van der Waals surface area contributed by atoms with Crippen molar-refractivity contribution >= 4 is 11.8 Å². The smallest absolute Gasteiger partial charge is 0.349 e. The number of aromatic nitrogens is 2. The lowest BCUT2D eigenvalue weighted by Crippen LogP contribution is -2.33. The molecular formula is C17H30N4O3. The van der Waals surface area contributed by atoms with E-state index in [1.54, 1.807) is 6.07 Å². The third-order valence-electron chi connectivity index (χ3n) is 3.79. The number of nitrogens with zero attached hydrogens (tertiary/aromatic N) is 2. The lowest BCUT2D eigenvalue weighted by atomic mass is 10.2. The van der Waals surface area contributed by atoms with Crippen molar-refractivity contribution in [3.63, 3.8) is 0 Å². The molecule has 0 aliphatic carbocycles. The number of amides is 2. The van der Waals surface area contributed by atoms with Crippen LogP contribution in [-0.4, -0.2) is 33.8 Å². The van der Waals surface area contributed by atoms with E-state index >= 15 is 0 Å². The van der Waals surface area contributed by atoms with Gasteiger partial charge in [0.25, 0.3) is 0 Å². The number of aliphatic hydroxyl groups excluding tert-OH is 1. The Hall–Kier alpha value is -1.89. The van der Waals surface area contributed by atoms with Gasteiger partial charge >= 0.3 is 11.7 Å². The number of carbonyl (C=O) groups excluding carboxylic acids is 1. The van der Waals surface area contributed by atoms with Crippen LogP contribution in [0.5, 0.6) is 0 Å². The van der Waals surface area contributed by atoms with Gasteiger partial charge in [0.1, 0.15) is 5.82 Å². The summed E-state index contributed by atoms with van der Waals surface area (Å²) in [7, 11) is 0. The summed E-state index contributed by atoms with van der Waals surface area (Å²) in [5.41, 5.74) is -0.363. The van der Waals surface area contributed by atoms with E-state index in [-0.39, 0.29) is 18.3 Å². The molecule has 0 unspecified atom stereocenters. The van der Waals surface area contributed by atoms with Crippen molar-refractivity contribution in [1.29, 1.82) is 0 Å². The number of nitrogens with one attached hydrogen (secondary N) is 2. The van der Waals surface area contributed by atoms with E-state index in [0.717, 1.165) is 44.9 Å². The van der Waals surface area contributed by atoms with Gasteiger partial charge in [0.05, 0.1) is 0 Å². The van der Waals surface area contributed by atoms with Gasteiger partial charge in [-0.05, 0) is 25.3 Å². The number of urea groups is 1. The molecule has 1 aromatic heterocycles. The van der Waals surface area contributed by atoms with E-state index < -0.39 is 0 Å². The van der Waals surface area contributed by atoms with Crippen molar-refractivity contribution in [2.24, 2.45) is 0 Å². The van der Waals surface area contributed by atoms with Crippen molar-refractivity contribution in [3.8, 4) is 0 Å². The summed E-state index contributed by atoms with van der Waals surface area (Å²) in [6, 6.07) is 1.33. The number of carbonyl (C=O) groups is 1. The SMILES string of the molecule is CCCCCCNC(=O)Nc1ccnc(=O)n1CCCCCCO. The Bertz CT molecular complexity index is 531. The molecule has 0 saturated heterocycles. The van der Waals surface area contributed by atoms with Crippen LogP contribution in [0.25, 0.3) is 0 Å². The summed E-state index contributed by atoms with van der Waals surface area (Å²) >= 11 is 0. The second kappa shape index (κ2) is 12.5. The summed E-state index contributed by atoms with van der Waals surface area (Å²) in [6.07, 6.45) is 9.21. The predicted octanol–water partition coefficient (Wildman–Crippen LogP) is 2.50. The van der Waals surface area contributed by atoms with Crippen LogP contribution in [0.3, 0.4) is 0 Å². The Morgan fingerprint density at radius 3 is 2.67 bits per heavy atom. The van der Waals surface area contributed by atoms with E-state index in [4.69, 9.17) is 5.11 Å². The van der Waals surface area contributed by atoms with Gasteiger partial charge in [-0.15, -0.1) is 0 Å². The monoisotopic (exact) mass is 338 g/mol. The van der Waals surface area contributed by atoms with Crippen molar-refractivity contribution in [3.05, 3.63) is 22.7 Å². The molecule has 0 saturated carbocycles. The predicted molar refractivity (Wildman–Crippen MR) is 95.2 cm³/mol. The minimum atomic E-state index is -0.363. The Labute approximate surface area is 143 Å². The maximum absolute atomic E-state index is 11.9. The Morgan fingerprint density at radius 1 is 1.17 bits per heavy atom. The standard InChI is InChI=1S/C17H30N4O3/c1-2-3-4-7-11-18-16(23)20-15-10-12-19-17(24)21(15)13-8-5-6-9-14-22/h10,12,22H,2-9,11,13-14H2,1H3,(H2,18,20,23). The van der Waals surface area contributed by atoms with E-state index in [2.05, 4.69) is 22.5 Å². The van der Waals surface area contributed by atoms with Crippen molar-refractivity contribution < 1.29 is 9.90 Å². The normalized spacial score (nSPS) is 10.6. The summed E-state index contributed by atoms with van der Waals surface area (Å²) in [5, 5.41) is 14.3. The van der Waals surface area contributed by atoms with Crippen molar-refractivity contribution in [2.75, 3.05) is 18.5 Å². The highest BCUT2D eigenvalue weighted by atomic mass is 16.3. The number of anilines is 1. The fraction of sp³-hybridized carbons (Fsp3) is 0.706. The number of hydrogen-bond donors (Lipinski definition) is 3. The van der Waals surface area contributed by atoms with Crippen LogP contribution in [0.1, 0.15) is 58.3 Å². The van der Waals surface area contributed by atoms with Crippen LogP contribution >= 0.6 is 0 Å². The molecule has 0 aliphatic rings. The average Bonchev–Trinajstić information content (AvgIpc) is 2.56. The van der Waals surface area contributed by atoms with Gasteiger partial charge in [-0.2, -0.15) is 0 Å². The third kappa shape index (κ3) is 8.10. The number of unbranched alkanes of at least 4 members (excludes halogenated alkanes) is 6. The van der Waals surface area contributed by atoms with Crippen LogP contribution in [-0.2, 0) is 6.54 Å². The molecule has 0 radical (unpaired) electrons. The molecule has 0 aliphatic heterocycles. The molecule has 0 spiro atoms. The zero-order valence-electron chi connectivity index (χ0n) is 14.6. The first-order valence-corrected chi connectivity index (χ1v) is 8.90. The lowest BCUT2D eigenvalue weighted by Gasteiger charge is -2.13. The summed E-state index contributed by atoms with van der Waals surface area (Å²) in [6.45, 7) is 3.47. The van der Waals surface area contributed by atoms with Crippen molar-refractivity contribution in [2.45, 2.75) is 64.8 Å². The van der Waals surface area contributed by atoms with E-state index in [1.165, 1.54) is 17.2 Å². The van der Waals surface area contributed by atoms with Gasteiger partial charge < -0.3 is 10.4 Å². The molecule has 7 heteroatoms. The largest absolute Gasteiger partial charge is 0.396 e. The topological polar surface area (TPSA) is 96.3 Å². The van der Waals surface area contributed by atoms with Crippen LogP contribution in [0, 0.1) is 0 Å². The molecule has 24 heavy (non-hydrogen) atoms. The molecule has 1 rings (SSSR count). The third-order valence-corrected chi connectivity index (χ3v) is 3.79. The highest BCUT2D eigenvalue weighted by Crippen LogP contribution is 2.07. The van der Waals surface area contributed by atoms with Gasteiger partial charge in [-0.3, -0.25) is 9.88 Å². The molecule has 136 valence electrons. The average molecular weight is 338 g/mol. The molecule has 2 amide bonds. The summed E-state index contributed by atoms with van der Waals surface area (Å²) in [4.78, 5) is 27.6. The molecular weight excluding hydrogens is 308 g/mol.